The van der Waals surface area contributed by atoms with Gasteiger partial charge in [0, 0.05) is 11.8 Å². The molecule has 0 aliphatic heterocycles. The fourth-order valence-electron chi connectivity index (χ4n) is 2.91. The zero-order valence-corrected chi connectivity index (χ0v) is 20.6. The van der Waals surface area contributed by atoms with Gasteiger partial charge in [-0.05, 0) is 51.7 Å². The molecule has 0 radical (unpaired) electrons. The molecule has 0 spiro atoms. The molecule has 0 atom stereocenters. The quantitative estimate of drug-likeness (QED) is 0.331. The molecule has 0 saturated carbocycles. The molecule has 2 heterocycles. The molecule has 0 saturated heterocycles. The van der Waals surface area contributed by atoms with Crippen LogP contribution in [-0.4, -0.2) is 46.9 Å². The molecule has 0 bridgehead atoms. The molecule has 0 aliphatic carbocycles. The van der Waals surface area contributed by atoms with Crippen molar-refractivity contribution in [3.8, 4) is 27.8 Å². The van der Waals surface area contributed by atoms with E-state index in [2.05, 4.69) is 30.4 Å². The number of sulfone groups is 1. The number of carbonyl (C=O) groups excluding carboxylic acids is 1. The van der Waals surface area contributed by atoms with Crippen LogP contribution in [0, 0.1) is 0 Å². The van der Waals surface area contributed by atoms with Crippen molar-refractivity contribution in [1.82, 2.24) is 19.1 Å². The normalized spacial score (nSPS) is 11.5. The smallest absolute Gasteiger partial charge is 0.359 e. The van der Waals surface area contributed by atoms with Crippen molar-refractivity contribution >= 4 is 54.9 Å². The molecule has 4 aromatic rings. The zero-order valence-electron chi connectivity index (χ0n) is 16.6. The molecular weight excluding hydrogens is 540 g/mol. The van der Waals surface area contributed by atoms with E-state index in [4.69, 9.17) is 16.3 Å². The number of halogens is 2. The number of para-hydroxylation sites is 1. The van der Waals surface area contributed by atoms with E-state index in [1.807, 2.05) is 0 Å². The third-order valence-electron chi connectivity index (χ3n) is 4.43. The maximum absolute atomic E-state index is 12.2. The summed E-state index contributed by atoms with van der Waals surface area (Å²) in [5.41, 5.74) is 1.57. The third kappa shape index (κ3) is 4.20. The Morgan fingerprint density at radius 3 is 2.62 bits per heavy atom. The first-order valence-electron chi connectivity index (χ1n) is 8.97. The summed E-state index contributed by atoms with van der Waals surface area (Å²) in [5.74, 6) is -0.357. The van der Waals surface area contributed by atoms with Gasteiger partial charge in [-0.1, -0.05) is 35.9 Å². The first-order chi connectivity index (χ1) is 15.2. The highest BCUT2D eigenvalue weighted by atomic mass is 79.9. The molecule has 0 unspecified atom stereocenters. The Balaban J connectivity index is 1.88. The van der Waals surface area contributed by atoms with Crippen molar-refractivity contribution < 1.29 is 17.9 Å². The van der Waals surface area contributed by atoms with Gasteiger partial charge in [-0.15, -0.1) is 0 Å². The average molecular weight is 554 g/mol. The lowest BCUT2D eigenvalue weighted by atomic mass is 10.2. The van der Waals surface area contributed by atoms with Gasteiger partial charge in [0.15, 0.2) is 21.4 Å². The van der Waals surface area contributed by atoms with E-state index >= 15 is 0 Å². The van der Waals surface area contributed by atoms with Crippen molar-refractivity contribution in [2.24, 2.45) is 0 Å². The fraction of sp³-hybridized carbons (Fsp3) is 0.100. The standard InChI is InChI=1S/C20H14BrClN4O4S2/c1-30-20(27)16-15(21)17(26(24-16)14-9-4-3-8-13(14)22)18-23-19(31-25-18)11-6-5-7-12(10-11)32(2,28)29/h3-10H,1-2H3. The van der Waals surface area contributed by atoms with Crippen LogP contribution in [0.25, 0.3) is 27.8 Å². The average Bonchev–Trinajstić information content (AvgIpc) is 3.37. The Hall–Kier alpha value is -2.60. The van der Waals surface area contributed by atoms with E-state index in [-0.39, 0.29) is 16.4 Å². The monoisotopic (exact) mass is 552 g/mol. The van der Waals surface area contributed by atoms with Gasteiger partial charge in [0.1, 0.15) is 10.7 Å². The summed E-state index contributed by atoms with van der Waals surface area (Å²) in [5, 5.41) is 5.29. The van der Waals surface area contributed by atoms with Gasteiger partial charge in [-0.2, -0.15) is 9.47 Å². The third-order valence-corrected chi connectivity index (χ3v) is 7.38. The van der Waals surface area contributed by atoms with Crippen LogP contribution in [0.5, 0.6) is 0 Å². The van der Waals surface area contributed by atoms with Gasteiger partial charge in [0.25, 0.3) is 0 Å². The Labute approximate surface area is 201 Å². The molecule has 32 heavy (non-hydrogen) atoms. The fourth-order valence-corrected chi connectivity index (χ4v) is 5.04. The molecule has 0 N–H and O–H groups in total. The second-order valence-corrected chi connectivity index (χ2v) is 10.6. The van der Waals surface area contributed by atoms with Crippen molar-refractivity contribution in [1.29, 1.82) is 0 Å². The van der Waals surface area contributed by atoms with E-state index in [1.165, 1.54) is 17.9 Å². The number of hydrogen-bond acceptors (Lipinski definition) is 8. The summed E-state index contributed by atoms with van der Waals surface area (Å²) >= 11 is 10.9. The first kappa shape index (κ1) is 22.6. The molecular formula is C20H14BrClN4O4S2. The van der Waals surface area contributed by atoms with Crippen molar-refractivity contribution in [3.05, 3.63) is 63.7 Å². The number of carbonyl (C=O) groups is 1. The minimum Gasteiger partial charge on any atom is -0.464 e. The molecule has 8 nitrogen and oxygen atoms in total. The van der Waals surface area contributed by atoms with Crippen LogP contribution in [0.3, 0.4) is 0 Å². The second kappa shape index (κ2) is 8.74. The van der Waals surface area contributed by atoms with E-state index < -0.39 is 15.8 Å². The molecule has 12 heteroatoms. The molecule has 164 valence electrons. The highest BCUT2D eigenvalue weighted by Gasteiger charge is 2.27. The summed E-state index contributed by atoms with van der Waals surface area (Å²) in [6.07, 6.45) is 1.14. The molecule has 0 amide bonds. The number of esters is 1. The van der Waals surface area contributed by atoms with Crippen molar-refractivity contribution in [3.63, 3.8) is 0 Å². The predicted molar refractivity (Wildman–Crippen MR) is 125 cm³/mol. The Morgan fingerprint density at radius 2 is 1.94 bits per heavy atom. The lowest BCUT2D eigenvalue weighted by Gasteiger charge is -2.07. The maximum Gasteiger partial charge on any atom is 0.359 e. The van der Waals surface area contributed by atoms with Crippen LogP contribution in [-0.2, 0) is 14.6 Å². The van der Waals surface area contributed by atoms with E-state index in [0.717, 1.165) is 17.8 Å². The van der Waals surface area contributed by atoms with Gasteiger partial charge in [0.2, 0.25) is 0 Å². The van der Waals surface area contributed by atoms with E-state index in [1.54, 1.807) is 42.5 Å². The summed E-state index contributed by atoms with van der Waals surface area (Å²) in [7, 11) is -2.11. The molecule has 2 aromatic heterocycles. The molecule has 0 aliphatic rings. The van der Waals surface area contributed by atoms with Crippen molar-refractivity contribution in [2.75, 3.05) is 13.4 Å². The number of aromatic nitrogens is 4. The van der Waals surface area contributed by atoms with Crippen LogP contribution < -0.4 is 0 Å². The first-order valence-corrected chi connectivity index (χ1v) is 12.8. The van der Waals surface area contributed by atoms with Crippen LogP contribution in [0.15, 0.2) is 57.9 Å². The van der Waals surface area contributed by atoms with Gasteiger partial charge in [0.05, 0.1) is 27.2 Å². The largest absolute Gasteiger partial charge is 0.464 e. The number of hydrogen-bond donors (Lipinski definition) is 0. The number of benzene rings is 2. The van der Waals surface area contributed by atoms with Crippen LogP contribution in [0.4, 0.5) is 0 Å². The summed E-state index contributed by atoms with van der Waals surface area (Å²) in [6.45, 7) is 0. The highest BCUT2D eigenvalue weighted by Crippen LogP contribution is 2.36. The lowest BCUT2D eigenvalue weighted by molar-refractivity contribution is 0.0592. The minimum absolute atomic E-state index is 0.0397. The number of nitrogens with zero attached hydrogens (tertiary/aromatic N) is 4. The van der Waals surface area contributed by atoms with Crippen LogP contribution >= 0.6 is 39.1 Å². The van der Waals surface area contributed by atoms with Crippen LogP contribution in [0.2, 0.25) is 5.02 Å². The summed E-state index contributed by atoms with van der Waals surface area (Å²) < 4.78 is 34.9. The Kier molecular flexibility index (Phi) is 6.17. The number of methoxy groups -OCH3 is 1. The van der Waals surface area contributed by atoms with Gasteiger partial charge < -0.3 is 4.74 Å². The lowest BCUT2D eigenvalue weighted by Crippen LogP contribution is -2.05. The van der Waals surface area contributed by atoms with Gasteiger partial charge in [-0.3, -0.25) is 0 Å². The van der Waals surface area contributed by atoms with Gasteiger partial charge >= 0.3 is 5.97 Å². The highest BCUT2D eigenvalue weighted by molar-refractivity contribution is 9.10. The molecule has 2 aromatic carbocycles. The summed E-state index contributed by atoms with van der Waals surface area (Å²) in [4.78, 5) is 17.0. The Bertz CT molecular complexity index is 1450. The number of rotatable bonds is 5. The second-order valence-electron chi connectivity index (χ2n) is 6.59. The van der Waals surface area contributed by atoms with Crippen molar-refractivity contribution in [2.45, 2.75) is 4.90 Å². The Morgan fingerprint density at radius 1 is 1.19 bits per heavy atom. The topological polar surface area (TPSA) is 104 Å². The van der Waals surface area contributed by atoms with E-state index in [9.17, 15) is 13.2 Å². The molecule has 0 fully saturated rings. The minimum atomic E-state index is -3.37. The van der Waals surface area contributed by atoms with Gasteiger partial charge in [-0.25, -0.2) is 22.9 Å². The molecule has 4 rings (SSSR count). The SMILES string of the molecule is COC(=O)c1nn(-c2ccccc2Cl)c(-c2nsc(-c3cccc(S(C)(=O)=O)c3)n2)c1Br. The number of ether oxygens (including phenoxy) is 1. The maximum atomic E-state index is 12.2. The van der Waals surface area contributed by atoms with E-state index in [0.29, 0.717) is 31.4 Å². The predicted octanol–water partition coefficient (Wildman–Crippen LogP) is 4.66. The van der Waals surface area contributed by atoms with Crippen LogP contribution in [0.1, 0.15) is 10.5 Å². The zero-order chi connectivity index (χ0) is 23.0. The summed E-state index contributed by atoms with van der Waals surface area (Å²) in [6, 6.07) is 13.5.